The van der Waals surface area contributed by atoms with Crippen LogP contribution in [0.15, 0.2) is 30.3 Å². The third-order valence-electron chi connectivity index (χ3n) is 5.54. The average Bonchev–Trinajstić information content (AvgIpc) is 3.16. The first kappa shape index (κ1) is 19.4. The number of hydrogen-bond donors (Lipinski definition) is 2. The Kier molecular flexibility index (Phi) is 5.68. The standard InChI is InChI=1S/C21H25NO5S/c23-10-12-26-17-3-1-15(2-4-17)14-22-8-6-21(7-9-22)19-16(5-11-27-21)13-18(28-19)20(24)25/h1-4,13,23H,5-12,14H2,(H,24,25). The molecule has 7 heteroatoms. The second kappa shape index (κ2) is 8.21. The van der Waals surface area contributed by atoms with Crippen LogP contribution in [-0.4, -0.2) is 54.0 Å². The Labute approximate surface area is 168 Å². The first-order chi connectivity index (χ1) is 13.6. The highest BCUT2D eigenvalue weighted by Crippen LogP contribution is 2.45. The number of piperidine rings is 1. The fourth-order valence-corrected chi connectivity index (χ4v) is 5.33. The van der Waals surface area contributed by atoms with E-state index in [1.54, 1.807) is 0 Å². The summed E-state index contributed by atoms with van der Waals surface area (Å²) in [5.74, 6) is -0.0798. The number of carbonyl (C=O) groups is 1. The Morgan fingerprint density at radius 2 is 2.00 bits per heavy atom. The van der Waals surface area contributed by atoms with Crippen molar-refractivity contribution in [1.29, 1.82) is 0 Å². The maximum Gasteiger partial charge on any atom is 0.345 e. The van der Waals surface area contributed by atoms with Crippen LogP contribution in [0, 0.1) is 0 Å². The molecule has 0 aliphatic carbocycles. The van der Waals surface area contributed by atoms with Crippen molar-refractivity contribution in [2.24, 2.45) is 0 Å². The lowest BCUT2D eigenvalue weighted by atomic mass is 9.85. The SMILES string of the molecule is O=C(O)c1cc2c(s1)C1(CCN(Cc3ccc(OCCO)cc3)CC1)OCC2. The Hall–Kier alpha value is -1.93. The van der Waals surface area contributed by atoms with Crippen molar-refractivity contribution in [2.45, 2.75) is 31.4 Å². The topological polar surface area (TPSA) is 79.2 Å². The van der Waals surface area contributed by atoms with Crippen LogP contribution in [0.2, 0.25) is 0 Å². The average molecular weight is 404 g/mol. The van der Waals surface area contributed by atoms with Crippen LogP contribution in [0.5, 0.6) is 5.75 Å². The molecule has 1 fully saturated rings. The first-order valence-corrected chi connectivity index (χ1v) is 10.5. The highest BCUT2D eigenvalue weighted by Gasteiger charge is 2.42. The molecule has 0 atom stereocenters. The van der Waals surface area contributed by atoms with Crippen molar-refractivity contribution in [3.8, 4) is 5.75 Å². The number of ether oxygens (including phenoxy) is 2. The molecule has 2 aliphatic rings. The molecule has 2 aromatic rings. The molecule has 1 saturated heterocycles. The lowest BCUT2D eigenvalue weighted by Crippen LogP contribution is -2.45. The van der Waals surface area contributed by atoms with Crippen molar-refractivity contribution in [1.82, 2.24) is 4.90 Å². The van der Waals surface area contributed by atoms with Crippen LogP contribution >= 0.6 is 11.3 Å². The van der Waals surface area contributed by atoms with Crippen LogP contribution in [0.4, 0.5) is 0 Å². The fourth-order valence-electron chi connectivity index (χ4n) is 4.08. The number of nitrogens with zero attached hydrogens (tertiary/aromatic N) is 1. The van der Waals surface area contributed by atoms with Crippen molar-refractivity contribution < 1.29 is 24.5 Å². The zero-order valence-electron chi connectivity index (χ0n) is 15.7. The summed E-state index contributed by atoms with van der Waals surface area (Å²) in [6, 6.07) is 9.83. The molecule has 4 rings (SSSR count). The molecular formula is C21H25NO5S. The van der Waals surface area contributed by atoms with Crippen LogP contribution < -0.4 is 4.74 Å². The van der Waals surface area contributed by atoms with E-state index in [1.165, 1.54) is 16.9 Å². The Morgan fingerprint density at radius 3 is 2.68 bits per heavy atom. The number of aromatic carboxylic acids is 1. The Balaban J connectivity index is 1.39. The summed E-state index contributed by atoms with van der Waals surface area (Å²) in [6.07, 6.45) is 2.57. The summed E-state index contributed by atoms with van der Waals surface area (Å²) < 4.78 is 11.6. The summed E-state index contributed by atoms with van der Waals surface area (Å²) in [7, 11) is 0. The summed E-state index contributed by atoms with van der Waals surface area (Å²) in [5.41, 5.74) is 2.06. The Bertz CT molecular complexity index is 824. The minimum atomic E-state index is -0.849. The summed E-state index contributed by atoms with van der Waals surface area (Å²) in [4.78, 5) is 15.3. The molecule has 2 aliphatic heterocycles. The van der Waals surface area contributed by atoms with Gasteiger partial charge in [0.15, 0.2) is 0 Å². The van der Waals surface area contributed by atoms with E-state index in [9.17, 15) is 9.90 Å². The minimum absolute atomic E-state index is 0.0132. The van der Waals surface area contributed by atoms with Gasteiger partial charge in [-0.15, -0.1) is 11.3 Å². The number of likely N-dealkylation sites (tertiary alicyclic amines) is 1. The maximum absolute atomic E-state index is 11.4. The van der Waals surface area contributed by atoms with Crippen molar-refractivity contribution in [3.63, 3.8) is 0 Å². The second-order valence-electron chi connectivity index (χ2n) is 7.36. The van der Waals surface area contributed by atoms with E-state index in [0.29, 0.717) is 18.1 Å². The van der Waals surface area contributed by atoms with E-state index in [0.717, 1.165) is 55.1 Å². The second-order valence-corrected chi connectivity index (χ2v) is 8.41. The number of thiophene rings is 1. The number of benzene rings is 1. The molecule has 0 amide bonds. The number of rotatable bonds is 6. The molecule has 1 aromatic heterocycles. The molecule has 28 heavy (non-hydrogen) atoms. The van der Waals surface area contributed by atoms with Crippen molar-refractivity contribution in [3.05, 3.63) is 51.2 Å². The summed E-state index contributed by atoms with van der Waals surface area (Å²) in [5, 5.41) is 18.2. The molecule has 0 saturated carbocycles. The minimum Gasteiger partial charge on any atom is -0.491 e. The highest BCUT2D eigenvalue weighted by atomic mass is 32.1. The van der Waals surface area contributed by atoms with E-state index in [1.807, 2.05) is 18.2 Å². The third kappa shape index (κ3) is 3.93. The lowest BCUT2D eigenvalue weighted by Gasteiger charge is -2.43. The van der Waals surface area contributed by atoms with Gasteiger partial charge in [-0.3, -0.25) is 4.90 Å². The van der Waals surface area contributed by atoms with Gasteiger partial charge in [0, 0.05) is 24.5 Å². The quantitative estimate of drug-likeness (QED) is 0.772. The van der Waals surface area contributed by atoms with Gasteiger partial charge in [-0.2, -0.15) is 0 Å². The van der Waals surface area contributed by atoms with E-state index in [-0.39, 0.29) is 12.2 Å². The van der Waals surface area contributed by atoms with E-state index < -0.39 is 5.97 Å². The monoisotopic (exact) mass is 403 g/mol. The van der Waals surface area contributed by atoms with Gasteiger partial charge in [0.2, 0.25) is 0 Å². The predicted molar refractivity (Wildman–Crippen MR) is 106 cm³/mol. The summed E-state index contributed by atoms with van der Waals surface area (Å²) in [6.45, 7) is 3.69. The molecule has 1 aromatic carbocycles. The zero-order valence-corrected chi connectivity index (χ0v) is 16.5. The molecule has 0 radical (unpaired) electrons. The number of hydrogen-bond acceptors (Lipinski definition) is 6. The van der Waals surface area contributed by atoms with Gasteiger partial charge in [0.05, 0.1) is 13.2 Å². The van der Waals surface area contributed by atoms with Gasteiger partial charge in [-0.1, -0.05) is 12.1 Å². The van der Waals surface area contributed by atoms with Gasteiger partial charge in [-0.05, 0) is 48.6 Å². The predicted octanol–water partition coefficient (Wildman–Crippen LogP) is 2.88. The maximum atomic E-state index is 11.4. The van der Waals surface area contributed by atoms with Crippen LogP contribution in [0.1, 0.15) is 38.5 Å². The molecule has 0 unspecified atom stereocenters. The van der Waals surface area contributed by atoms with E-state index >= 15 is 0 Å². The molecule has 1 spiro atoms. The first-order valence-electron chi connectivity index (χ1n) is 9.65. The number of carboxylic acids is 1. The molecule has 150 valence electrons. The fraction of sp³-hybridized carbons (Fsp3) is 0.476. The lowest BCUT2D eigenvalue weighted by molar-refractivity contribution is -0.0960. The molecule has 6 nitrogen and oxygen atoms in total. The zero-order chi connectivity index (χ0) is 19.6. The van der Waals surface area contributed by atoms with Gasteiger partial charge in [-0.25, -0.2) is 4.79 Å². The number of fused-ring (bicyclic) bond motifs is 2. The highest BCUT2D eigenvalue weighted by molar-refractivity contribution is 7.14. The van der Waals surface area contributed by atoms with Gasteiger partial charge < -0.3 is 19.7 Å². The number of carboxylic acid groups (broad SMARTS) is 1. The van der Waals surface area contributed by atoms with Crippen molar-refractivity contribution >= 4 is 17.3 Å². The van der Waals surface area contributed by atoms with Crippen molar-refractivity contribution in [2.75, 3.05) is 32.9 Å². The van der Waals surface area contributed by atoms with Crippen LogP contribution in [0.3, 0.4) is 0 Å². The van der Waals surface area contributed by atoms with Gasteiger partial charge in [0.25, 0.3) is 0 Å². The van der Waals surface area contributed by atoms with Crippen LogP contribution in [0.25, 0.3) is 0 Å². The van der Waals surface area contributed by atoms with Gasteiger partial charge >= 0.3 is 5.97 Å². The van der Waals surface area contributed by atoms with Crippen LogP contribution in [-0.2, 0) is 23.3 Å². The van der Waals surface area contributed by atoms with E-state index in [4.69, 9.17) is 14.6 Å². The molecule has 0 bridgehead atoms. The molecule has 3 heterocycles. The van der Waals surface area contributed by atoms with E-state index in [2.05, 4.69) is 17.0 Å². The molecule has 2 N–H and O–H groups in total. The normalized spacial score (nSPS) is 18.8. The number of aliphatic hydroxyl groups is 1. The Morgan fingerprint density at radius 1 is 1.25 bits per heavy atom. The van der Waals surface area contributed by atoms with Gasteiger partial charge in [0.1, 0.15) is 22.8 Å². The smallest absolute Gasteiger partial charge is 0.345 e. The largest absolute Gasteiger partial charge is 0.491 e. The molecular weight excluding hydrogens is 378 g/mol. The number of aliphatic hydroxyl groups excluding tert-OH is 1. The third-order valence-corrected chi connectivity index (χ3v) is 6.89. The summed E-state index contributed by atoms with van der Waals surface area (Å²) >= 11 is 1.39.